The van der Waals surface area contributed by atoms with Gasteiger partial charge in [0.05, 0.1) is 5.69 Å². The lowest BCUT2D eigenvalue weighted by molar-refractivity contribution is 0.617. The van der Waals surface area contributed by atoms with Crippen LogP contribution >= 0.6 is 0 Å². The van der Waals surface area contributed by atoms with Crippen LogP contribution in [-0.2, 0) is 19.4 Å². The highest BCUT2D eigenvalue weighted by molar-refractivity contribution is 5.35. The Labute approximate surface area is 84.2 Å². The van der Waals surface area contributed by atoms with Gasteiger partial charge in [0.15, 0.2) is 0 Å². The first-order valence-corrected chi connectivity index (χ1v) is 5.12. The van der Waals surface area contributed by atoms with Crippen LogP contribution in [0.3, 0.4) is 0 Å². The Kier molecular flexibility index (Phi) is 2.63. The predicted molar refractivity (Wildman–Crippen MR) is 56.4 cm³/mol. The number of anilines is 1. The summed E-state index contributed by atoms with van der Waals surface area (Å²) in [5.74, 6) is 0.740. The first-order valence-electron chi connectivity index (χ1n) is 5.12. The number of hydrogen-bond acceptors (Lipinski definition) is 4. The summed E-state index contributed by atoms with van der Waals surface area (Å²) in [6, 6.07) is 0. The van der Waals surface area contributed by atoms with E-state index in [9.17, 15) is 0 Å². The van der Waals surface area contributed by atoms with Crippen LogP contribution in [0.2, 0.25) is 0 Å². The monoisotopic (exact) mass is 192 g/mol. The molecule has 2 N–H and O–H groups in total. The first-order chi connectivity index (χ1) is 6.85. The summed E-state index contributed by atoms with van der Waals surface area (Å²) in [6.45, 7) is 4.06. The van der Waals surface area contributed by atoms with E-state index in [0.29, 0.717) is 0 Å². The largest absolute Gasteiger partial charge is 0.357 e. The van der Waals surface area contributed by atoms with Crippen LogP contribution in [0.5, 0.6) is 0 Å². The molecule has 4 heteroatoms. The van der Waals surface area contributed by atoms with E-state index in [-0.39, 0.29) is 0 Å². The number of fused-ring (bicyclic) bond motifs is 1. The highest BCUT2D eigenvalue weighted by atomic mass is 15.1. The van der Waals surface area contributed by atoms with Crippen molar-refractivity contribution in [1.82, 2.24) is 15.3 Å². The van der Waals surface area contributed by atoms with Crippen molar-refractivity contribution in [3.05, 3.63) is 17.0 Å². The Bertz CT molecular complexity index is 318. The third kappa shape index (κ3) is 1.57. The van der Waals surface area contributed by atoms with Crippen molar-refractivity contribution >= 4 is 5.95 Å². The lowest BCUT2D eigenvalue weighted by Gasteiger charge is -2.19. The van der Waals surface area contributed by atoms with Gasteiger partial charge in [-0.1, -0.05) is 6.92 Å². The van der Waals surface area contributed by atoms with Crippen molar-refractivity contribution in [2.45, 2.75) is 26.3 Å². The van der Waals surface area contributed by atoms with Crippen LogP contribution < -0.4 is 10.6 Å². The number of aryl methyl sites for hydroxylation is 1. The van der Waals surface area contributed by atoms with Gasteiger partial charge in [-0.2, -0.15) is 0 Å². The molecule has 0 saturated heterocycles. The van der Waals surface area contributed by atoms with Crippen LogP contribution in [0.4, 0.5) is 5.95 Å². The van der Waals surface area contributed by atoms with E-state index in [0.717, 1.165) is 37.6 Å². The standard InChI is InChI=1S/C10H16N4/c1-3-8-7-4-5-12-6-9(7)14-10(11-2)13-8/h12H,3-6H2,1-2H3,(H,11,13,14). The molecule has 1 aromatic heterocycles. The van der Waals surface area contributed by atoms with Crippen LogP contribution in [0.15, 0.2) is 0 Å². The first kappa shape index (κ1) is 9.40. The van der Waals surface area contributed by atoms with E-state index in [4.69, 9.17) is 0 Å². The molecule has 0 spiro atoms. The van der Waals surface area contributed by atoms with Crippen LogP contribution in [-0.4, -0.2) is 23.6 Å². The summed E-state index contributed by atoms with van der Waals surface area (Å²) in [6.07, 6.45) is 2.04. The maximum Gasteiger partial charge on any atom is 0.222 e. The van der Waals surface area contributed by atoms with Crippen molar-refractivity contribution in [2.24, 2.45) is 0 Å². The molecule has 4 nitrogen and oxygen atoms in total. The predicted octanol–water partition coefficient (Wildman–Crippen LogP) is 0.726. The highest BCUT2D eigenvalue weighted by Gasteiger charge is 2.15. The molecule has 14 heavy (non-hydrogen) atoms. The van der Waals surface area contributed by atoms with E-state index in [2.05, 4.69) is 27.5 Å². The van der Waals surface area contributed by atoms with Crippen molar-refractivity contribution in [3.63, 3.8) is 0 Å². The van der Waals surface area contributed by atoms with E-state index in [1.165, 1.54) is 11.3 Å². The smallest absolute Gasteiger partial charge is 0.222 e. The van der Waals surface area contributed by atoms with Crippen molar-refractivity contribution in [3.8, 4) is 0 Å². The maximum atomic E-state index is 4.47. The van der Waals surface area contributed by atoms with Gasteiger partial charge in [-0.25, -0.2) is 9.97 Å². The van der Waals surface area contributed by atoms with Gasteiger partial charge in [0.1, 0.15) is 0 Å². The van der Waals surface area contributed by atoms with Gasteiger partial charge in [0.25, 0.3) is 0 Å². The molecular formula is C10H16N4. The lowest BCUT2D eigenvalue weighted by atomic mass is 10.0. The summed E-state index contributed by atoms with van der Waals surface area (Å²) in [4.78, 5) is 8.93. The highest BCUT2D eigenvalue weighted by Crippen LogP contribution is 2.17. The van der Waals surface area contributed by atoms with E-state index >= 15 is 0 Å². The zero-order chi connectivity index (χ0) is 9.97. The summed E-state index contributed by atoms with van der Waals surface area (Å²) >= 11 is 0. The summed E-state index contributed by atoms with van der Waals surface area (Å²) < 4.78 is 0. The molecule has 2 rings (SSSR count). The molecule has 0 aliphatic carbocycles. The van der Waals surface area contributed by atoms with Crippen molar-refractivity contribution in [2.75, 3.05) is 18.9 Å². The second-order valence-corrected chi connectivity index (χ2v) is 3.45. The molecule has 1 aliphatic rings. The zero-order valence-corrected chi connectivity index (χ0v) is 8.72. The topological polar surface area (TPSA) is 49.8 Å². The fraction of sp³-hybridized carbons (Fsp3) is 0.600. The van der Waals surface area contributed by atoms with Gasteiger partial charge in [0, 0.05) is 19.3 Å². The molecule has 2 heterocycles. The SMILES string of the molecule is CCc1nc(NC)nc2c1CCNC2. The number of rotatable bonds is 2. The van der Waals surface area contributed by atoms with Gasteiger partial charge in [-0.05, 0) is 24.9 Å². The Morgan fingerprint density at radius 1 is 1.43 bits per heavy atom. The Morgan fingerprint density at radius 2 is 2.29 bits per heavy atom. The Hall–Kier alpha value is -1.16. The van der Waals surface area contributed by atoms with Crippen LogP contribution in [0.1, 0.15) is 23.9 Å². The second-order valence-electron chi connectivity index (χ2n) is 3.45. The normalized spacial score (nSPS) is 15.0. The van der Waals surface area contributed by atoms with Crippen LogP contribution in [0.25, 0.3) is 0 Å². The molecule has 0 amide bonds. The fourth-order valence-corrected chi connectivity index (χ4v) is 1.84. The van der Waals surface area contributed by atoms with Crippen LogP contribution in [0, 0.1) is 0 Å². The minimum atomic E-state index is 0.740. The van der Waals surface area contributed by atoms with Gasteiger partial charge < -0.3 is 10.6 Å². The number of aromatic nitrogens is 2. The molecule has 76 valence electrons. The molecule has 0 radical (unpaired) electrons. The Morgan fingerprint density at radius 3 is 3.00 bits per heavy atom. The minimum Gasteiger partial charge on any atom is -0.357 e. The number of hydrogen-bond donors (Lipinski definition) is 2. The van der Waals surface area contributed by atoms with Crippen molar-refractivity contribution < 1.29 is 0 Å². The number of nitrogens with zero attached hydrogens (tertiary/aromatic N) is 2. The molecule has 0 saturated carbocycles. The second kappa shape index (κ2) is 3.92. The fourth-order valence-electron chi connectivity index (χ4n) is 1.84. The molecule has 0 fully saturated rings. The average Bonchev–Trinajstić information content (AvgIpc) is 2.27. The third-order valence-corrected chi connectivity index (χ3v) is 2.58. The summed E-state index contributed by atoms with van der Waals surface area (Å²) in [7, 11) is 1.86. The quantitative estimate of drug-likeness (QED) is 0.725. The summed E-state index contributed by atoms with van der Waals surface area (Å²) in [5.41, 5.74) is 3.71. The summed E-state index contributed by atoms with van der Waals surface area (Å²) in [5, 5.41) is 6.33. The zero-order valence-electron chi connectivity index (χ0n) is 8.72. The van der Waals surface area contributed by atoms with E-state index in [1.807, 2.05) is 7.05 Å². The van der Waals surface area contributed by atoms with Gasteiger partial charge in [-0.15, -0.1) is 0 Å². The van der Waals surface area contributed by atoms with Gasteiger partial charge in [-0.3, -0.25) is 0 Å². The molecule has 1 aromatic rings. The molecular weight excluding hydrogens is 176 g/mol. The van der Waals surface area contributed by atoms with Gasteiger partial charge in [0.2, 0.25) is 5.95 Å². The lowest BCUT2D eigenvalue weighted by Crippen LogP contribution is -2.26. The minimum absolute atomic E-state index is 0.740. The Balaban J connectivity index is 2.47. The van der Waals surface area contributed by atoms with E-state index < -0.39 is 0 Å². The maximum absolute atomic E-state index is 4.47. The van der Waals surface area contributed by atoms with Gasteiger partial charge >= 0.3 is 0 Å². The molecule has 0 aromatic carbocycles. The molecule has 0 atom stereocenters. The van der Waals surface area contributed by atoms with E-state index in [1.54, 1.807) is 0 Å². The molecule has 0 bridgehead atoms. The molecule has 0 unspecified atom stereocenters. The average molecular weight is 192 g/mol. The molecule has 1 aliphatic heterocycles. The third-order valence-electron chi connectivity index (χ3n) is 2.58. The van der Waals surface area contributed by atoms with Crippen molar-refractivity contribution in [1.29, 1.82) is 0 Å². The number of nitrogens with one attached hydrogen (secondary N) is 2.